The minimum absolute atomic E-state index is 0.435. The molecule has 2 aromatic carbocycles. The highest BCUT2D eigenvalue weighted by atomic mass is 35.5. The lowest BCUT2D eigenvalue weighted by atomic mass is 10.2. The normalized spacial score (nSPS) is 11.0. The van der Waals surface area contributed by atoms with Crippen LogP contribution in [-0.2, 0) is 6.54 Å². The second-order valence-corrected chi connectivity index (χ2v) is 6.13. The highest BCUT2D eigenvalue weighted by Crippen LogP contribution is 2.28. The van der Waals surface area contributed by atoms with Crippen molar-refractivity contribution in [3.63, 3.8) is 0 Å². The SMILES string of the molecule is COc1ccc(CNc2nnc3c(n2)[nH]c2ccc(Cl)cc23)cc1OC. The molecule has 26 heavy (non-hydrogen) atoms. The summed E-state index contributed by atoms with van der Waals surface area (Å²) in [5.74, 6) is 1.80. The van der Waals surface area contributed by atoms with Crippen LogP contribution in [0.15, 0.2) is 36.4 Å². The number of ether oxygens (including phenoxy) is 2. The van der Waals surface area contributed by atoms with Crippen LogP contribution in [0.2, 0.25) is 5.02 Å². The van der Waals surface area contributed by atoms with E-state index in [1.165, 1.54) is 0 Å². The van der Waals surface area contributed by atoms with Crippen LogP contribution in [0.1, 0.15) is 5.56 Å². The van der Waals surface area contributed by atoms with Crippen molar-refractivity contribution in [1.29, 1.82) is 0 Å². The zero-order chi connectivity index (χ0) is 18.1. The van der Waals surface area contributed by atoms with Gasteiger partial charge in [0.25, 0.3) is 0 Å². The molecular weight excluding hydrogens is 354 g/mol. The Morgan fingerprint density at radius 2 is 1.88 bits per heavy atom. The van der Waals surface area contributed by atoms with E-state index in [1.807, 2.05) is 36.4 Å². The van der Waals surface area contributed by atoms with Gasteiger partial charge in [0.15, 0.2) is 17.1 Å². The van der Waals surface area contributed by atoms with Crippen molar-refractivity contribution in [2.45, 2.75) is 6.54 Å². The quantitative estimate of drug-likeness (QED) is 0.556. The fraction of sp³-hybridized carbons (Fsp3) is 0.167. The van der Waals surface area contributed by atoms with E-state index in [-0.39, 0.29) is 0 Å². The van der Waals surface area contributed by atoms with Crippen LogP contribution in [-0.4, -0.2) is 34.4 Å². The summed E-state index contributed by atoms with van der Waals surface area (Å²) in [4.78, 5) is 7.72. The number of aromatic nitrogens is 4. The van der Waals surface area contributed by atoms with E-state index in [4.69, 9.17) is 21.1 Å². The first-order valence-electron chi connectivity index (χ1n) is 7.94. The van der Waals surface area contributed by atoms with Crippen LogP contribution in [0.25, 0.3) is 22.1 Å². The van der Waals surface area contributed by atoms with Gasteiger partial charge < -0.3 is 19.8 Å². The Kier molecular flexibility index (Phi) is 4.22. The molecule has 0 amide bonds. The molecule has 4 rings (SSSR count). The standard InChI is InChI=1S/C18H16ClN5O2/c1-25-14-6-3-10(7-15(14)26-2)9-20-18-22-17-16(23-24-18)12-8-11(19)4-5-13(12)21-17/h3-8H,9H2,1-2H3,(H2,20,21,22,24). The first kappa shape index (κ1) is 16.4. The number of rotatable bonds is 5. The number of hydrogen-bond acceptors (Lipinski definition) is 6. The Morgan fingerprint density at radius 1 is 1.04 bits per heavy atom. The molecule has 0 aliphatic carbocycles. The molecule has 2 N–H and O–H groups in total. The molecule has 2 aromatic heterocycles. The molecule has 4 aromatic rings. The lowest BCUT2D eigenvalue weighted by molar-refractivity contribution is 0.354. The van der Waals surface area contributed by atoms with E-state index in [9.17, 15) is 0 Å². The Balaban J connectivity index is 1.59. The molecule has 0 saturated carbocycles. The summed E-state index contributed by atoms with van der Waals surface area (Å²) < 4.78 is 10.6. The molecule has 132 valence electrons. The molecule has 2 heterocycles. The number of methoxy groups -OCH3 is 2. The van der Waals surface area contributed by atoms with Gasteiger partial charge in [-0.25, -0.2) is 0 Å². The molecule has 0 bridgehead atoms. The van der Waals surface area contributed by atoms with E-state index in [1.54, 1.807) is 14.2 Å². The molecule has 0 atom stereocenters. The number of H-pyrrole nitrogens is 1. The van der Waals surface area contributed by atoms with Gasteiger partial charge in [0.1, 0.15) is 5.52 Å². The molecular formula is C18H16ClN5O2. The zero-order valence-corrected chi connectivity index (χ0v) is 15.0. The van der Waals surface area contributed by atoms with Crippen LogP contribution < -0.4 is 14.8 Å². The maximum atomic E-state index is 6.06. The van der Waals surface area contributed by atoms with Crippen LogP contribution in [0.4, 0.5) is 5.95 Å². The lowest BCUT2D eigenvalue weighted by Crippen LogP contribution is -2.05. The topological polar surface area (TPSA) is 85.0 Å². The molecule has 7 nitrogen and oxygen atoms in total. The van der Waals surface area contributed by atoms with Crippen molar-refractivity contribution in [2.75, 3.05) is 19.5 Å². The molecule has 0 radical (unpaired) electrons. The Morgan fingerprint density at radius 3 is 2.69 bits per heavy atom. The Bertz CT molecular complexity index is 1100. The highest BCUT2D eigenvalue weighted by molar-refractivity contribution is 6.31. The van der Waals surface area contributed by atoms with Crippen molar-refractivity contribution in [1.82, 2.24) is 20.2 Å². The maximum Gasteiger partial charge on any atom is 0.245 e. The average Bonchev–Trinajstić information content (AvgIpc) is 3.03. The molecule has 0 saturated heterocycles. The first-order valence-corrected chi connectivity index (χ1v) is 8.32. The number of nitrogens with zero attached hydrogens (tertiary/aromatic N) is 3. The van der Waals surface area contributed by atoms with Gasteiger partial charge in [-0.3, -0.25) is 0 Å². The Labute approximate surface area is 154 Å². The summed E-state index contributed by atoms with van der Waals surface area (Å²) >= 11 is 6.06. The van der Waals surface area contributed by atoms with Crippen LogP contribution in [0, 0.1) is 0 Å². The molecule has 0 aliphatic rings. The van der Waals surface area contributed by atoms with E-state index in [0.717, 1.165) is 16.5 Å². The van der Waals surface area contributed by atoms with E-state index in [2.05, 4.69) is 25.5 Å². The van der Waals surface area contributed by atoms with Crippen molar-refractivity contribution in [3.05, 3.63) is 47.0 Å². The highest BCUT2D eigenvalue weighted by Gasteiger charge is 2.10. The number of aromatic amines is 1. The van der Waals surface area contributed by atoms with Gasteiger partial charge in [0.05, 0.1) is 14.2 Å². The largest absolute Gasteiger partial charge is 0.493 e. The van der Waals surface area contributed by atoms with Gasteiger partial charge in [-0.15, -0.1) is 10.2 Å². The summed E-state index contributed by atoms with van der Waals surface area (Å²) in [7, 11) is 3.22. The third kappa shape index (κ3) is 2.97. The Hall–Kier alpha value is -3.06. The van der Waals surface area contributed by atoms with Crippen LogP contribution >= 0.6 is 11.6 Å². The second-order valence-electron chi connectivity index (χ2n) is 5.69. The third-order valence-electron chi connectivity index (χ3n) is 4.08. The summed E-state index contributed by atoms with van der Waals surface area (Å²) in [5, 5.41) is 13.2. The fourth-order valence-electron chi connectivity index (χ4n) is 2.79. The summed E-state index contributed by atoms with van der Waals surface area (Å²) in [6, 6.07) is 11.3. The first-order chi connectivity index (χ1) is 12.7. The summed E-state index contributed by atoms with van der Waals surface area (Å²) in [6.07, 6.45) is 0. The van der Waals surface area contributed by atoms with Gasteiger partial charge in [-0.2, -0.15) is 4.98 Å². The van der Waals surface area contributed by atoms with Crippen LogP contribution in [0.3, 0.4) is 0 Å². The van der Waals surface area contributed by atoms with Gasteiger partial charge in [-0.1, -0.05) is 17.7 Å². The van der Waals surface area contributed by atoms with Crippen molar-refractivity contribution < 1.29 is 9.47 Å². The number of fused-ring (bicyclic) bond motifs is 3. The van der Waals surface area contributed by atoms with Gasteiger partial charge in [0.2, 0.25) is 5.95 Å². The zero-order valence-electron chi connectivity index (χ0n) is 14.2. The predicted molar refractivity (Wildman–Crippen MR) is 101 cm³/mol. The average molecular weight is 370 g/mol. The van der Waals surface area contributed by atoms with Crippen LogP contribution in [0.5, 0.6) is 11.5 Å². The molecule has 0 spiro atoms. The van der Waals surface area contributed by atoms with Gasteiger partial charge in [0, 0.05) is 22.5 Å². The summed E-state index contributed by atoms with van der Waals surface area (Å²) in [5.41, 5.74) is 3.28. The summed E-state index contributed by atoms with van der Waals surface area (Å²) in [6.45, 7) is 0.527. The number of hydrogen-bond donors (Lipinski definition) is 2. The third-order valence-corrected chi connectivity index (χ3v) is 4.31. The predicted octanol–water partition coefficient (Wildman–Crippen LogP) is 3.79. The number of nitrogens with one attached hydrogen (secondary N) is 2. The van der Waals surface area contributed by atoms with E-state index in [0.29, 0.717) is 40.2 Å². The maximum absolute atomic E-state index is 6.06. The molecule has 0 unspecified atom stereocenters. The molecule has 0 aliphatic heterocycles. The molecule has 8 heteroatoms. The lowest BCUT2D eigenvalue weighted by Gasteiger charge is -2.10. The van der Waals surface area contributed by atoms with Crippen molar-refractivity contribution >= 4 is 39.6 Å². The van der Waals surface area contributed by atoms with E-state index >= 15 is 0 Å². The molecule has 0 fully saturated rings. The minimum Gasteiger partial charge on any atom is -0.493 e. The minimum atomic E-state index is 0.435. The number of anilines is 1. The van der Waals surface area contributed by atoms with E-state index < -0.39 is 0 Å². The number of halogens is 1. The van der Waals surface area contributed by atoms with Gasteiger partial charge in [-0.05, 0) is 35.9 Å². The second kappa shape index (κ2) is 6.68. The number of benzene rings is 2. The van der Waals surface area contributed by atoms with Gasteiger partial charge >= 0.3 is 0 Å². The van der Waals surface area contributed by atoms with Crippen molar-refractivity contribution in [2.24, 2.45) is 0 Å². The fourth-order valence-corrected chi connectivity index (χ4v) is 2.96. The smallest absolute Gasteiger partial charge is 0.245 e. The van der Waals surface area contributed by atoms with Crippen molar-refractivity contribution in [3.8, 4) is 11.5 Å². The monoisotopic (exact) mass is 369 g/mol.